The molecule has 3 aliphatic rings. The second kappa shape index (κ2) is 9.34. The van der Waals surface area contributed by atoms with E-state index in [9.17, 15) is 19.8 Å². The minimum atomic E-state index is -1.26. The van der Waals surface area contributed by atoms with Gasteiger partial charge in [-0.2, -0.15) is 0 Å². The summed E-state index contributed by atoms with van der Waals surface area (Å²) >= 11 is 1.54. The topological polar surface area (TPSA) is 122 Å². The number of Topliss-reactive ketones (excluding diaryl/α,β-unsaturated/α-hetero) is 1. The zero-order valence-electron chi connectivity index (χ0n) is 21.3. The van der Waals surface area contributed by atoms with Crippen LogP contribution in [0.25, 0.3) is 6.08 Å². The van der Waals surface area contributed by atoms with E-state index >= 15 is 0 Å². The molecule has 3 saturated heterocycles. The lowest BCUT2D eigenvalue weighted by Gasteiger charge is -2.34. The summed E-state index contributed by atoms with van der Waals surface area (Å²) in [6, 6.07) is 0. The summed E-state index contributed by atoms with van der Waals surface area (Å²) < 4.78 is 17.6. The van der Waals surface area contributed by atoms with Gasteiger partial charge in [-0.1, -0.05) is 20.8 Å². The Kier molecular flexibility index (Phi) is 7.05. The number of hydrogen-bond acceptors (Lipinski definition) is 9. The fourth-order valence-corrected chi connectivity index (χ4v) is 5.75. The van der Waals surface area contributed by atoms with E-state index in [0.717, 1.165) is 17.1 Å². The summed E-state index contributed by atoms with van der Waals surface area (Å²) in [5.74, 6) is -1.68. The van der Waals surface area contributed by atoms with Gasteiger partial charge in [-0.15, -0.1) is 11.3 Å². The molecule has 3 fully saturated rings. The predicted octanol–water partition coefficient (Wildman–Crippen LogP) is 3.22. The van der Waals surface area contributed by atoms with Crippen molar-refractivity contribution in [3.63, 3.8) is 0 Å². The number of ketones is 1. The van der Waals surface area contributed by atoms with Gasteiger partial charge in [0.15, 0.2) is 0 Å². The summed E-state index contributed by atoms with van der Waals surface area (Å²) in [4.78, 5) is 30.5. The molecule has 0 aromatic carbocycles. The Balaban J connectivity index is 1.56. The highest BCUT2D eigenvalue weighted by molar-refractivity contribution is 7.09. The molecule has 2 N–H and O–H groups in total. The number of cyclic esters (lactones) is 1. The van der Waals surface area contributed by atoms with Gasteiger partial charge < -0.3 is 24.4 Å². The van der Waals surface area contributed by atoms with Crippen LogP contribution in [0.5, 0.6) is 0 Å². The van der Waals surface area contributed by atoms with Gasteiger partial charge in [0.1, 0.15) is 17.5 Å². The molecule has 4 rings (SSSR count). The molecule has 1 aromatic heterocycles. The molecule has 35 heavy (non-hydrogen) atoms. The van der Waals surface area contributed by atoms with E-state index in [1.165, 1.54) is 0 Å². The highest BCUT2D eigenvalue weighted by Gasteiger charge is 2.62. The number of epoxide rings is 2. The van der Waals surface area contributed by atoms with Crippen LogP contribution in [0.1, 0.15) is 71.0 Å². The van der Waals surface area contributed by atoms with Crippen LogP contribution < -0.4 is 0 Å². The molecule has 0 aliphatic carbocycles. The molecule has 3 aliphatic heterocycles. The van der Waals surface area contributed by atoms with Crippen LogP contribution in [-0.4, -0.2) is 68.7 Å². The first-order chi connectivity index (χ1) is 16.3. The van der Waals surface area contributed by atoms with Gasteiger partial charge in [0, 0.05) is 17.7 Å². The first-order valence-electron chi connectivity index (χ1n) is 12.3. The van der Waals surface area contributed by atoms with E-state index in [1.807, 2.05) is 32.2 Å². The molecule has 0 amide bonds. The molecular weight excluding hydrogens is 470 g/mol. The number of esters is 1. The van der Waals surface area contributed by atoms with E-state index in [-0.39, 0.29) is 30.0 Å². The Morgan fingerprint density at radius 2 is 1.86 bits per heavy atom. The standard InChI is InChI=1S/C26H37NO7S/c1-14-22(30)24(3,4)18(28)12-21(29)32-17(8-7-16-13-35-15(2)27-16)11-20-25(5,33-20)10-9-19-26(6,34-19)23(14)31/h7-8,13-14,17-20,23,28,31H,9-12H2,1-6H3/t14-,17+,18-,19?,20-,23+,25+,26?/m0/s1. The van der Waals surface area contributed by atoms with Crippen molar-refractivity contribution in [1.29, 1.82) is 0 Å². The molecule has 0 spiro atoms. The zero-order valence-corrected chi connectivity index (χ0v) is 22.1. The van der Waals surface area contributed by atoms with Gasteiger partial charge in [-0.25, -0.2) is 4.98 Å². The fraction of sp³-hybridized carbons (Fsp3) is 0.731. The number of aliphatic hydroxyl groups is 2. The number of fused-ring (bicyclic) bond motifs is 2. The molecule has 9 heteroatoms. The largest absolute Gasteiger partial charge is 0.458 e. The van der Waals surface area contributed by atoms with Crippen LogP contribution in [0, 0.1) is 18.3 Å². The van der Waals surface area contributed by atoms with E-state index in [2.05, 4.69) is 4.98 Å². The monoisotopic (exact) mass is 507 g/mol. The fourth-order valence-electron chi connectivity index (χ4n) is 5.16. The molecule has 8 nitrogen and oxygen atoms in total. The molecule has 194 valence electrons. The number of aromatic nitrogens is 1. The van der Waals surface area contributed by atoms with Crippen molar-refractivity contribution in [1.82, 2.24) is 4.98 Å². The molecular formula is C26H37NO7S. The minimum Gasteiger partial charge on any atom is -0.458 e. The first-order valence-corrected chi connectivity index (χ1v) is 13.2. The van der Waals surface area contributed by atoms with Crippen molar-refractivity contribution < 1.29 is 34.0 Å². The summed E-state index contributed by atoms with van der Waals surface area (Å²) in [6.07, 6.45) is 2.10. The smallest absolute Gasteiger partial charge is 0.309 e. The summed E-state index contributed by atoms with van der Waals surface area (Å²) in [6.45, 7) is 10.6. The van der Waals surface area contributed by atoms with Gasteiger partial charge in [-0.05, 0) is 45.8 Å². The number of aryl methyl sites for hydroxylation is 1. The third-order valence-electron chi connectivity index (χ3n) is 8.07. The van der Waals surface area contributed by atoms with Crippen LogP contribution in [0.4, 0.5) is 0 Å². The average molecular weight is 508 g/mol. The third-order valence-corrected chi connectivity index (χ3v) is 8.86. The van der Waals surface area contributed by atoms with Crippen molar-refractivity contribution in [2.75, 3.05) is 0 Å². The lowest BCUT2D eigenvalue weighted by atomic mass is 9.72. The van der Waals surface area contributed by atoms with Crippen LogP contribution in [-0.2, 0) is 23.8 Å². The van der Waals surface area contributed by atoms with Crippen LogP contribution in [0.2, 0.25) is 0 Å². The molecule has 8 atom stereocenters. The minimum absolute atomic E-state index is 0.0909. The number of carbonyl (C=O) groups excluding carboxylic acids is 2. The van der Waals surface area contributed by atoms with Crippen molar-refractivity contribution in [3.05, 3.63) is 22.2 Å². The van der Waals surface area contributed by atoms with Crippen molar-refractivity contribution >= 4 is 29.2 Å². The Morgan fingerprint density at radius 1 is 1.14 bits per heavy atom. The summed E-state index contributed by atoms with van der Waals surface area (Å²) in [5.41, 5.74) is -1.64. The lowest BCUT2D eigenvalue weighted by Crippen LogP contribution is -2.48. The third kappa shape index (κ3) is 5.39. The number of thiazole rings is 1. The normalized spacial score (nSPS) is 42.3. The Morgan fingerprint density at radius 3 is 2.51 bits per heavy atom. The number of aliphatic hydroxyl groups excluding tert-OH is 2. The molecule has 2 unspecified atom stereocenters. The summed E-state index contributed by atoms with van der Waals surface area (Å²) in [7, 11) is 0. The van der Waals surface area contributed by atoms with Crippen molar-refractivity contribution in [2.45, 2.75) is 109 Å². The van der Waals surface area contributed by atoms with E-state index in [1.54, 1.807) is 38.2 Å². The Hall–Kier alpha value is -1.65. The van der Waals surface area contributed by atoms with Gasteiger partial charge in [0.2, 0.25) is 0 Å². The maximum absolute atomic E-state index is 13.3. The number of rotatable bonds is 2. The van der Waals surface area contributed by atoms with Gasteiger partial charge >= 0.3 is 5.97 Å². The maximum atomic E-state index is 13.3. The maximum Gasteiger partial charge on any atom is 0.309 e. The molecule has 4 heterocycles. The Labute approximate surface area is 210 Å². The number of ether oxygens (including phenoxy) is 3. The molecule has 1 aromatic rings. The Bertz CT molecular complexity index is 1010. The average Bonchev–Trinajstić information content (AvgIpc) is 3.58. The van der Waals surface area contributed by atoms with E-state index in [4.69, 9.17) is 14.2 Å². The van der Waals surface area contributed by atoms with Gasteiger partial charge in [-0.3, -0.25) is 9.59 Å². The molecule has 0 radical (unpaired) electrons. The number of carbonyl (C=O) groups is 2. The quantitative estimate of drug-likeness (QED) is 0.462. The zero-order chi connectivity index (χ0) is 25.8. The molecule has 0 bridgehead atoms. The highest BCUT2D eigenvalue weighted by Crippen LogP contribution is 2.50. The van der Waals surface area contributed by atoms with Crippen LogP contribution >= 0.6 is 11.3 Å². The van der Waals surface area contributed by atoms with Crippen LogP contribution in [0.15, 0.2) is 11.5 Å². The van der Waals surface area contributed by atoms with Crippen LogP contribution in [0.3, 0.4) is 0 Å². The van der Waals surface area contributed by atoms with Gasteiger partial charge in [0.05, 0.1) is 52.6 Å². The lowest BCUT2D eigenvalue weighted by molar-refractivity contribution is -0.154. The second-order valence-corrected chi connectivity index (χ2v) is 12.3. The van der Waals surface area contributed by atoms with Crippen molar-refractivity contribution in [2.24, 2.45) is 11.3 Å². The predicted molar refractivity (Wildman–Crippen MR) is 131 cm³/mol. The number of hydrogen-bond donors (Lipinski definition) is 2. The second-order valence-electron chi connectivity index (χ2n) is 11.2. The summed E-state index contributed by atoms with van der Waals surface area (Å²) in [5, 5.41) is 24.7. The SMILES string of the molecule is Cc1nc(C=C[C@@H]2C[C@@H]3O[C@]3(C)CCC3OC3(C)[C@H](O)[C@@H](C)C(=O)C(C)(C)[C@@H](O)CC(=O)O2)cs1. The first kappa shape index (κ1) is 26.4. The molecule has 0 saturated carbocycles. The van der Waals surface area contributed by atoms with Gasteiger partial charge in [0.25, 0.3) is 0 Å². The van der Waals surface area contributed by atoms with Crippen molar-refractivity contribution in [3.8, 4) is 0 Å². The number of nitrogens with zero attached hydrogens (tertiary/aromatic N) is 1. The van der Waals surface area contributed by atoms with E-state index < -0.39 is 41.2 Å². The highest BCUT2D eigenvalue weighted by atomic mass is 32.1. The van der Waals surface area contributed by atoms with E-state index in [0.29, 0.717) is 12.8 Å².